The SMILES string of the molecule is Cl.Nc1ccc(CCN2CCCC/C2=N/S(=O)(=O)c2ccc(Cl)cc2)cc1. The Morgan fingerprint density at radius 1 is 1.04 bits per heavy atom. The summed E-state index contributed by atoms with van der Waals surface area (Å²) in [5.74, 6) is 0.640. The predicted molar refractivity (Wildman–Crippen MR) is 113 cm³/mol. The van der Waals surface area contributed by atoms with Gasteiger partial charge in [0, 0.05) is 30.2 Å². The second kappa shape index (κ2) is 9.44. The highest BCUT2D eigenvalue weighted by Crippen LogP contribution is 2.20. The van der Waals surface area contributed by atoms with Gasteiger partial charge >= 0.3 is 0 Å². The largest absolute Gasteiger partial charge is 0.399 e. The van der Waals surface area contributed by atoms with Gasteiger partial charge in [-0.05, 0) is 61.2 Å². The molecule has 0 amide bonds. The topological polar surface area (TPSA) is 75.8 Å². The summed E-state index contributed by atoms with van der Waals surface area (Å²) in [4.78, 5) is 2.24. The van der Waals surface area contributed by atoms with E-state index < -0.39 is 10.0 Å². The molecule has 0 spiro atoms. The lowest BCUT2D eigenvalue weighted by Gasteiger charge is -2.30. The van der Waals surface area contributed by atoms with Gasteiger partial charge in [0.2, 0.25) is 0 Å². The molecule has 1 heterocycles. The molecule has 3 rings (SSSR count). The number of anilines is 1. The van der Waals surface area contributed by atoms with Gasteiger partial charge in [0.25, 0.3) is 10.0 Å². The molecule has 1 saturated heterocycles. The molecule has 1 aliphatic rings. The molecule has 0 radical (unpaired) electrons. The standard InChI is InChI=1S/C19H22ClN3O2S.ClH/c20-16-6-10-18(11-7-16)26(24,25)22-19-3-1-2-13-23(19)14-12-15-4-8-17(21)9-5-15;/h4-11H,1-3,12-14,21H2;1H/b22-19-;. The molecule has 146 valence electrons. The summed E-state index contributed by atoms with van der Waals surface area (Å²) in [6, 6.07) is 13.9. The Kier molecular flexibility index (Phi) is 7.53. The second-order valence-corrected chi connectivity index (χ2v) is 8.41. The fourth-order valence-corrected chi connectivity index (χ4v) is 4.16. The second-order valence-electron chi connectivity index (χ2n) is 6.37. The first kappa shape index (κ1) is 21.5. The number of nitrogens with zero attached hydrogens (tertiary/aromatic N) is 2. The maximum absolute atomic E-state index is 12.6. The van der Waals surface area contributed by atoms with Gasteiger partial charge in [0.15, 0.2) is 0 Å². The lowest BCUT2D eigenvalue weighted by molar-refractivity contribution is 0.374. The van der Waals surface area contributed by atoms with Crippen LogP contribution in [0.2, 0.25) is 5.02 Å². The van der Waals surface area contributed by atoms with Crippen LogP contribution in [0.4, 0.5) is 5.69 Å². The third-order valence-electron chi connectivity index (χ3n) is 4.43. The molecule has 0 saturated carbocycles. The van der Waals surface area contributed by atoms with Gasteiger partial charge in [-0.15, -0.1) is 16.8 Å². The van der Waals surface area contributed by atoms with Crippen LogP contribution in [0.1, 0.15) is 24.8 Å². The average Bonchev–Trinajstić information content (AvgIpc) is 2.62. The van der Waals surface area contributed by atoms with Crippen molar-refractivity contribution < 1.29 is 8.42 Å². The van der Waals surface area contributed by atoms with E-state index in [1.54, 1.807) is 12.1 Å². The quantitative estimate of drug-likeness (QED) is 0.726. The van der Waals surface area contributed by atoms with Gasteiger partial charge in [-0.2, -0.15) is 8.42 Å². The number of benzene rings is 2. The van der Waals surface area contributed by atoms with E-state index in [9.17, 15) is 8.42 Å². The summed E-state index contributed by atoms with van der Waals surface area (Å²) in [6.07, 6.45) is 3.49. The number of hydrogen-bond acceptors (Lipinski definition) is 3. The first-order chi connectivity index (χ1) is 12.4. The Bertz CT molecular complexity index is 882. The first-order valence-electron chi connectivity index (χ1n) is 8.63. The Balaban J connectivity index is 0.00000261. The molecule has 0 aromatic heterocycles. The zero-order valence-electron chi connectivity index (χ0n) is 14.8. The molecule has 1 aliphatic heterocycles. The number of hydrogen-bond donors (Lipinski definition) is 1. The van der Waals surface area contributed by atoms with Crippen LogP contribution < -0.4 is 5.73 Å². The summed E-state index contributed by atoms with van der Waals surface area (Å²) < 4.78 is 29.3. The number of nitrogen functional groups attached to an aromatic ring is 1. The monoisotopic (exact) mass is 427 g/mol. The average molecular weight is 428 g/mol. The van der Waals surface area contributed by atoms with Crippen molar-refractivity contribution in [1.29, 1.82) is 0 Å². The van der Waals surface area contributed by atoms with Gasteiger partial charge in [0.05, 0.1) is 4.90 Å². The fourth-order valence-electron chi connectivity index (χ4n) is 2.96. The highest BCUT2D eigenvalue weighted by molar-refractivity contribution is 7.90. The number of halogens is 2. The Morgan fingerprint density at radius 3 is 2.37 bits per heavy atom. The Morgan fingerprint density at radius 2 is 1.70 bits per heavy atom. The summed E-state index contributed by atoms with van der Waals surface area (Å²) in [5.41, 5.74) is 7.63. The molecule has 0 bridgehead atoms. The molecule has 0 unspecified atom stereocenters. The van der Waals surface area contributed by atoms with E-state index in [0.29, 0.717) is 17.3 Å². The van der Waals surface area contributed by atoms with Gasteiger partial charge in [-0.1, -0.05) is 23.7 Å². The molecular weight excluding hydrogens is 405 g/mol. The van der Waals surface area contributed by atoms with E-state index in [0.717, 1.165) is 38.0 Å². The van der Waals surface area contributed by atoms with Crippen LogP contribution in [0.5, 0.6) is 0 Å². The molecule has 0 atom stereocenters. The van der Waals surface area contributed by atoms with E-state index in [4.69, 9.17) is 17.3 Å². The molecule has 2 aromatic rings. The molecule has 1 fully saturated rings. The van der Waals surface area contributed by atoms with Gasteiger partial charge < -0.3 is 10.6 Å². The maximum atomic E-state index is 12.6. The van der Waals surface area contributed by atoms with Crippen molar-refractivity contribution in [3.8, 4) is 0 Å². The fraction of sp³-hybridized carbons (Fsp3) is 0.316. The number of rotatable bonds is 5. The molecule has 0 aliphatic carbocycles. The third kappa shape index (κ3) is 5.86. The van der Waals surface area contributed by atoms with E-state index in [1.165, 1.54) is 17.7 Å². The van der Waals surface area contributed by atoms with Crippen LogP contribution in [0.25, 0.3) is 0 Å². The van der Waals surface area contributed by atoms with Crippen molar-refractivity contribution in [2.75, 3.05) is 18.8 Å². The predicted octanol–water partition coefficient (Wildman–Crippen LogP) is 4.16. The van der Waals surface area contributed by atoms with Gasteiger partial charge in [-0.25, -0.2) is 0 Å². The van der Waals surface area contributed by atoms with Crippen LogP contribution in [0, 0.1) is 0 Å². The van der Waals surface area contributed by atoms with Crippen molar-refractivity contribution in [2.24, 2.45) is 4.40 Å². The van der Waals surface area contributed by atoms with Crippen LogP contribution in [0.3, 0.4) is 0 Å². The smallest absolute Gasteiger partial charge is 0.283 e. The zero-order valence-corrected chi connectivity index (χ0v) is 17.2. The van der Waals surface area contributed by atoms with E-state index in [1.807, 2.05) is 24.3 Å². The van der Waals surface area contributed by atoms with E-state index in [2.05, 4.69) is 9.30 Å². The highest BCUT2D eigenvalue weighted by atomic mass is 35.5. The van der Waals surface area contributed by atoms with Gasteiger partial charge in [-0.3, -0.25) is 0 Å². The first-order valence-corrected chi connectivity index (χ1v) is 10.4. The van der Waals surface area contributed by atoms with Gasteiger partial charge in [0.1, 0.15) is 5.84 Å². The Labute approximate surface area is 171 Å². The molecule has 2 N–H and O–H groups in total. The van der Waals surface area contributed by atoms with E-state index >= 15 is 0 Å². The number of piperidine rings is 1. The number of sulfonamides is 1. The lowest BCUT2D eigenvalue weighted by Crippen LogP contribution is -2.37. The molecule has 8 heteroatoms. The number of amidine groups is 1. The van der Waals surface area contributed by atoms with Crippen molar-refractivity contribution >= 4 is 45.6 Å². The minimum absolute atomic E-state index is 0. The summed E-state index contributed by atoms with van der Waals surface area (Å²) in [6.45, 7) is 1.56. The molecular formula is C19H23Cl2N3O2S. The number of nitrogens with two attached hydrogens (primary N) is 1. The maximum Gasteiger partial charge on any atom is 0.283 e. The van der Waals surface area contributed by atoms with Crippen molar-refractivity contribution in [3.05, 3.63) is 59.1 Å². The van der Waals surface area contributed by atoms with Crippen molar-refractivity contribution in [3.63, 3.8) is 0 Å². The van der Waals surface area contributed by atoms with Crippen LogP contribution in [0.15, 0.2) is 57.8 Å². The zero-order chi connectivity index (χ0) is 18.6. The van der Waals surface area contributed by atoms with E-state index in [-0.39, 0.29) is 17.3 Å². The molecule has 2 aromatic carbocycles. The normalized spacial score (nSPS) is 16.2. The molecule has 27 heavy (non-hydrogen) atoms. The summed E-state index contributed by atoms with van der Waals surface area (Å²) >= 11 is 5.84. The minimum Gasteiger partial charge on any atom is -0.399 e. The minimum atomic E-state index is -3.73. The third-order valence-corrected chi connectivity index (χ3v) is 6.00. The Hall–Kier alpha value is -1.76. The van der Waals surface area contributed by atoms with Crippen LogP contribution in [-0.2, 0) is 16.4 Å². The number of likely N-dealkylation sites (tertiary alicyclic amines) is 1. The molecule has 5 nitrogen and oxygen atoms in total. The van der Waals surface area contributed by atoms with Crippen molar-refractivity contribution in [1.82, 2.24) is 4.90 Å². The summed E-state index contributed by atoms with van der Waals surface area (Å²) in [7, 11) is -3.73. The lowest BCUT2D eigenvalue weighted by atomic mass is 10.1. The summed E-state index contributed by atoms with van der Waals surface area (Å²) in [5, 5.41) is 0.499. The van der Waals surface area contributed by atoms with Crippen LogP contribution >= 0.6 is 24.0 Å². The van der Waals surface area contributed by atoms with Crippen molar-refractivity contribution in [2.45, 2.75) is 30.6 Å². The highest BCUT2D eigenvalue weighted by Gasteiger charge is 2.21. The van der Waals surface area contributed by atoms with Crippen LogP contribution in [-0.4, -0.2) is 32.2 Å².